The van der Waals surface area contributed by atoms with Gasteiger partial charge in [0.05, 0.1) is 23.7 Å². The van der Waals surface area contributed by atoms with Crippen LogP contribution in [0.25, 0.3) is 0 Å². The van der Waals surface area contributed by atoms with E-state index in [4.69, 9.17) is 20.8 Å². The normalized spacial score (nSPS) is 15.0. The Hall–Kier alpha value is -2.77. The van der Waals surface area contributed by atoms with E-state index in [-0.39, 0.29) is 17.4 Å². The summed E-state index contributed by atoms with van der Waals surface area (Å²) in [6.07, 6.45) is 0. The van der Waals surface area contributed by atoms with E-state index in [0.29, 0.717) is 28.8 Å². The summed E-state index contributed by atoms with van der Waals surface area (Å²) in [5.41, 5.74) is 1.08. The quantitative estimate of drug-likeness (QED) is 0.553. The molecule has 6 nitrogen and oxygen atoms in total. The predicted molar refractivity (Wildman–Crippen MR) is 121 cm³/mol. The lowest BCUT2D eigenvalue weighted by molar-refractivity contribution is 0.0713. The van der Waals surface area contributed by atoms with Crippen molar-refractivity contribution in [2.75, 3.05) is 38.2 Å². The molecule has 4 rings (SSSR count). The number of methoxy groups -OCH3 is 1. The first-order valence-electron chi connectivity index (χ1n) is 9.94. The molecule has 1 aromatic heterocycles. The van der Waals surface area contributed by atoms with Crippen LogP contribution in [0.4, 0.5) is 5.69 Å². The van der Waals surface area contributed by atoms with E-state index in [1.165, 1.54) is 0 Å². The number of ether oxygens (including phenoxy) is 1. The third-order valence-corrected chi connectivity index (χ3v) is 6.75. The Kier molecular flexibility index (Phi) is 6.63. The number of hydrogen-bond donors (Lipinski definition) is 0. The molecule has 31 heavy (non-hydrogen) atoms. The van der Waals surface area contributed by atoms with Gasteiger partial charge in [-0.1, -0.05) is 23.7 Å². The second-order valence-corrected chi connectivity index (χ2v) is 9.08. The molecule has 0 bridgehead atoms. The molecule has 0 N–H and O–H groups in total. The van der Waals surface area contributed by atoms with Crippen LogP contribution in [0.2, 0.25) is 5.02 Å². The second kappa shape index (κ2) is 9.58. The van der Waals surface area contributed by atoms with E-state index in [0.717, 1.165) is 24.5 Å². The lowest BCUT2D eigenvalue weighted by Crippen LogP contribution is -2.48. The van der Waals surface area contributed by atoms with Gasteiger partial charge in [0, 0.05) is 47.9 Å². The number of anilines is 1. The highest BCUT2D eigenvalue weighted by Gasteiger charge is 2.25. The lowest BCUT2D eigenvalue weighted by atomic mass is 10.2. The van der Waals surface area contributed by atoms with Crippen molar-refractivity contribution < 1.29 is 18.2 Å². The minimum absolute atomic E-state index is 0.148. The summed E-state index contributed by atoms with van der Waals surface area (Å²) in [5.74, 6) is 1.64. The van der Waals surface area contributed by atoms with Crippen LogP contribution < -0.4 is 9.64 Å². The van der Waals surface area contributed by atoms with Gasteiger partial charge in [-0.3, -0.25) is 9.00 Å². The average Bonchev–Trinajstić information content (AvgIpc) is 3.27. The van der Waals surface area contributed by atoms with E-state index in [9.17, 15) is 9.00 Å². The van der Waals surface area contributed by atoms with Gasteiger partial charge in [0.2, 0.25) is 0 Å². The van der Waals surface area contributed by atoms with Crippen molar-refractivity contribution in [3.8, 4) is 5.75 Å². The van der Waals surface area contributed by atoms with Crippen LogP contribution in [0.5, 0.6) is 5.75 Å². The van der Waals surface area contributed by atoms with Crippen LogP contribution in [-0.4, -0.2) is 48.3 Å². The van der Waals surface area contributed by atoms with Crippen molar-refractivity contribution in [2.45, 2.75) is 10.6 Å². The fourth-order valence-corrected chi connectivity index (χ4v) is 4.85. The van der Waals surface area contributed by atoms with Crippen molar-refractivity contribution in [1.29, 1.82) is 0 Å². The van der Waals surface area contributed by atoms with E-state index in [1.54, 1.807) is 48.4 Å². The highest BCUT2D eigenvalue weighted by atomic mass is 35.5. The van der Waals surface area contributed by atoms with Crippen molar-refractivity contribution in [2.24, 2.45) is 0 Å². The largest absolute Gasteiger partial charge is 0.497 e. The monoisotopic (exact) mass is 458 g/mol. The third-order valence-electron chi connectivity index (χ3n) is 5.19. The molecule has 1 atom stereocenters. The summed E-state index contributed by atoms with van der Waals surface area (Å²) in [4.78, 5) is 17.5. The Morgan fingerprint density at radius 3 is 2.58 bits per heavy atom. The molecule has 0 unspecified atom stereocenters. The van der Waals surface area contributed by atoms with Crippen LogP contribution >= 0.6 is 11.6 Å². The Balaban J connectivity index is 1.35. The molecule has 1 aliphatic heterocycles. The average molecular weight is 459 g/mol. The zero-order valence-electron chi connectivity index (χ0n) is 17.1. The summed E-state index contributed by atoms with van der Waals surface area (Å²) in [5, 5.41) is 0.536. The van der Waals surface area contributed by atoms with Gasteiger partial charge in [-0.05, 0) is 42.5 Å². The summed E-state index contributed by atoms with van der Waals surface area (Å²) in [6, 6.07) is 18.2. The highest BCUT2D eigenvalue weighted by Crippen LogP contribution is 2.23. The number of amides is 1. The van der Waals surface area contributed by atoms with Crippen LogP contribution in [0.3, 0.4) is 0 Å². The van der Waals surface area contributed by atoms with Gasteiger partial charge >= 0.3 is 0 Å². The first kappa shape index (κ1) is 21.5. The molecule has 162 valence electrons. The Morgan fingerprint density at radius 2 is 1.84 bits per heavy atom. The molecule has 0 radical (unpaired) electrons. The highest BCUT2D eigenvalue weighted by molar-refractivity contribution is 7.84. The molecule has 0 aliphatic carbocycles. The molecule has 0 saturated carbocycles. The van der Waals surface area contributed by atoms with Crippen LogP contribution in [0.15, 0.2) is 70.0 Å². The summed E-state index contributed by atoms with van der Waals surface area (Å²) in [7, 11) is 0.353. The summed E-state index contributed by atoms with van der Waals surface area (Å²) < 4.78 is 23.6. The minimum Gasteiger partial charge on any atom is -0.497 e. The molecule has 2 heterocycles. The van der Waals surface area contributed by atoms with Crippen molar-refractivity contribution >= 4 is 34.0 Å². The van der Waals surface area contributed by atoms with Gasteiger partial charge < -0.3 is 19.0 Å². The number of furan rings is 1. The molecule has 1 saturated heterocycles. The van der Waals surface area contributed by atoms with Crippen molar-refractivity contribution in [3.05, 3.63) is 77.2 Å². The molecule has 3 aromatic rings. The van der Waals surface area contributed by atoms with E-state index in [1.807, 2.05) is 24.3 Å². The van der Waals surface area contributed by atoms with Gasteiger partial charge in [-0.15, -0.1) is 0 Å². The topological polar surface area (TPSA) is 63.0 Å². The zero-order chi connectivity index (χ0) is 21.8. The van der Waals surface area contributed by atoms with Crippen LogP contribution in [-0.2, 0) is 16.6 Å². The number of hydrogen-bond acceptors (Lipinski definition) is 5. The van der Waals surface area contributed by atoms with E-state index >= 15 is 0 Å². The molecular weight excluding hydrogens is 436 g/mol. The summed E-state index contributed by atoms with van der Waals surface area (Å²) in [6.45, 7) is 2.65. The number of rotatable bonds is 6. The van der Waals surface area contributed by atoms with Gasteiger partial charge in [0.1, 0.15) is 11.5 Å². The standard InChI is InChI=1S/C23H23ClN2O4S/c1-29-19-6-3-5-18(15-19)25-10-12-26(13-11-25)23(27)22-9-8-20(30-22)16-31(28)21-7-2-4-17(24)14-21/h2-9,14-15H,10-13,16H2,1H3/t31-/m0/s1. The summed E-state index contributed by atoms with van der Waals surface area (Å²) >= 11 is 5.97. The first-order valence-corrected chi connectivity index (χ1v) is 11.6. The SMILES string of the molecule is COc1cccc(N2CCN(C(=O)c3ccc(C[S@](=O)c4cccc(Cl)c4)o3)CC2)c1. The number of benzene rings is 2. The molecule has 1 aliphatic rings. The smallest absolute Gasteiger partial charge is 0.289 e. The molecular formula is C23H23ClN2O4S. The van der Waals surface area contributed by atoms with Crippen LogP contribution in [0, 0.1) is 0 Å². The molecule has 2 aromatic carbocycles. The van der Waals surface area contributed by atoms with E-state index < -0.39 is 10.8 Å². The zero-order valence-corrected chi connectivity index (χ0v) is 18.7. The molecule has 0 spiro atoms. The lowest BCUT2D eigenvalue weighted by Gasteiger charge is -2.35. The number of nitrogens with zero attached hydrogens (tertiary/aromatic N) is 2. The van der Waals surface area contributed by atoms with Crippen LogP contribution in [0.1, 0.15) is 16.3 Å². The van der Waals surface area contributed by atoms with Gasteiger partial charge in [-0.2, -0.15) is 0 Å². The van der Waals surface area contributed by atoms with Gasteiger partial charge in [0.25, 0.3) is 5.91 Å². The van der Waals surface area contributed by atoms with Gasteiger partial charge in [-0.25, -0.2) is 0 Å². The number of carbonyl (C=O) groups is 1. The Labute approximate surface area is 188 Å². The number of piperazine rings is 1. The fourth-order valence-electron chi connectivity index (χ4n) is 3.52. The first-order chi connectivity index (χ1) is 15.0. The fraction of sp³-hybridized carbons (Fsp3) is 0.261. The molecule has 1 amide bonds. The molecule has 1 fully saturated rings. The Bertz CT molecular complexity index is 1090. The van der Waals surface area contributed by atoms with Crippen molar-refractivity contribution in [3.63, 3.8) is 0 Å². The van der Waals surface area contributed by atoms with E-state index in [2.05, 4.69) is 4.90 Å². The maximum atomic E-state index is 12.9. The predicted octanol–water partition coefficient (Wildman–Crippen LogP) is 4.21. The minimum atomic E-state index is -1.30. The number of halogens is 1. The maximum Gasteiger partial charge on any atom is 0.289 e. The Morgan fingerprint density at radius 1 is 1.06 bits per heavy atom. The third kappa shape index (κ3) is 5.11. The van der Waals surface area contributed by atoms with Crippen molar-refractivity contribution in [1.82, 2.24) is 4.90 Å². The molecule has 8 heteroatoms. The second-order valence-electron chi connectivity index (χ2n) is 7.19. The van der Waals surface area contributed by atoms with Gasteiger partial charge in [0.15, 0.2) is 5.76 Å². The maximum absolute atomic E-state index is 12.9. The number of carbonyl (C=O) groups excluding carboxylic acids is 1.